The second kappa shape index (κ2) is 9.34. The number of carbonyl (C=O) groups excluding carboxylic acids is 3. The first-order valence-electron chi connectivity index (χ1n) is 13.0. The van der Waals surface area contributed by atoms with Crippen LogP contribution >= 0.6 is 0 Å². The second-order valence-corrected chi connectivity index (χ2v) is 10.6. The Morgan fingerprint density at radius 1 is 1.00 bits per heavy atom. The van der Waals surface area contributed by atoms with Gasteiger partial charge < -0.3 is 10.2 Å². The first-order valence-corrected chi connectivity index (χ1v) is 13.0. The lowest BCUT2D eigenvalue weighted by atomic mass is 9.56. The van der Waals surface area contributed by atoms with Crippen molar-refractivity contribution in [2.75, 3.05) is 32.0 Å². The molecule has 3 aliphatic rings. The largest absolute Gasteiger partial charge is 0.334 e. The summed E-state index contributed by atoms with van der Waals surface area (Å²) >= 11 is 0. The van der Waals surface area contributed by atoms with Gasteiger partial charge in [-0.2, -0.15) is 0 Å². The van der Waals surface area contributed by atoms with Crippen LogP contribution in [0.3, 0.4) is 0 Å². The van der Waals surface area contributed by atoms with Crippen LogP contribution in [-0.4, -0.2) is 54.1 Å². The Bertz CT molecular complexity index is 1620. The Balaban J connectivity index is 1.69. The average molecular weight is 540 g/mol. The molecule has 40 heavy (non-hydrogen) atoms. The van der Waals surface area contributed by atoms with Crippen LogP contribution in [0.4, 0.5) is 14.5 Å². The van der Waals surface area contributed by atoms with Crippen molar-refractivity contribution in [2.45, 2.75) is 11.5 Å². The number of hydrogen-bond acceptors (Lipinski definition) is 4. The van der Waals surface area contributed by atoms with E-state index in [1.54, 1.807) is 72.6 Å². The van der Waals surface area contributed by atoms with Gasteiger partial charge in [0.05, 0.1) is 5.41 Å². The number of likely N-dealkylation sites (tertiary alicyclic amines) is 2. The van der Waals surface area contributed by atoms with Crippen molar-refractivity contribution in [1.82, 2.24) is 9.80 Å². The van der Waals surface area contributed by atoms with Crippen molar-refractivity contribution in [3.05, 3.63) is 119 Å². The van der Waals surface area contributed by atoms with Gasteiger partial charge in [-0.3, -0.25) is 19.3 Å². The van der Waals surface area contributed by atoms with Gasteiger partial charge >= 0.3 is 0 Å². The van der Waals surface area contributed by atoms with E-state index in [4.69, 9.17) is 0 Å². The molecule has 0 radical (unpaired) electrons. The number of likely N-dealkylation sites (N-methyl/N-ethyl adjacent to an activating group) is 1. The molecule has 0 saturated carbocycles. The molecule has 8 heteroatoms. The molecule has 3 aromatic rings. The number of amides is 2. The quantitative estimate of drug-likeness (QED) is 0.498. The lowest BCUT2D eigenvalue weighted by Crippen LogP contribution is -2.66. The van der Waals surface area contributed by atoms with Gasteiger partial charge in [-0.15, -0.1) is 0 Å². The predicted molar refractivity (Wildman–Crippen MR) is 147 cm³/mol. The highest BCUT2D eigenvalue weighted by atomic mass is 19.1. The topological polar surface area (TPSA) is 69.7 Å². The van der Waals surface area contributed by atoms with E-state index in [2.05, 4.69) is 11.9 Å². The molecule has 202 valence electrons. The summed E-state index contributed by atoms with van der Waals surface area (Å²) in [6.07, 6.45) is 2.58. The summed E-state index contributed by atoms with van der Waals surface area (Å²) in [6, 6.07) is 19.3. The molecule has 1 N–H and O–H groups in total. The zero-order valence-corrected chi connectivity index (χ0v) is 21.9. The Labute approximate surface area is 230 Å². The monoisotopic (exact) mass is 539 g/mol. The minimum Gasteiger partial charge on any atom is -0.334 e. The molecular weight excluding hydrogens is 512 g/mol. The third-order valence-corrected chi connectivity index (χ3v) is 8.66. The van der Waals surface area contributed by atoms with Gasteiger partial charge in [-0.25, -0.2) is 8.78 Å². The number of nitrogens with zero attached hydrogens (tertiary/aromatic N) is 2. The molecule has 2 amide bonds. The molecule has 0 aromatic heterocycles. The minimum atomic E-state index is -1.64. The number of para-hydroxylation sites is 1. The maximum atomic E-state index is 15.5. The van der Waals surface area contributed by atoms with E-state index < -0.39 is 46.1 Å². The first kappa shape index (κ1) is 25.8. The lowest BCUT2D eigenvalue weighted by molar-refractivity contribution is -0.150. The van der Waals surface area contributed by atoms with Crippen LogP contribution in [0.5, 0.6) is 0 Å². The van der Waals surface area contributed by atoms with Gasteiger partial charge in [0.25, 0.3) is 5.91 Å². The highest BCUT2D eigenvalue weighted by Gasteiger charge is 2.75. The summed E-state index contributed by atoms with van der Waals surface area (Å²) in [5.74, 6) is -3.15. The van der Waals surface area contributed by atoms with Crippen molar-refractivity contribution < 1.29 is 23.2 Å². The van der Waals surface area contributed by atoms with Gasteiger partial charge in [0.1, 0.15) is 17.2 Å². The number of hydrogen-bond donors (Lipinski definition) is 1. The molecule has 6 rings (SSSR count). The molecule has 3 heterocycles. The number of anilines is 1. The van der Waals surface area contributed by atoms with E-state index in [1.807, 2.05) is 0 Å². The molecule has 0 bridgehead atoms. The summed E-state index contributed by atoms with van der Waals surface area (Å²) in [4.78, 5) is 45.7. The summed E-state index contributed by atoms with van der Waals surface area (Å²) in [7, 11) is 1.74. The van der Waals surface area contributed by atoms with Crippen molar-refractivity contribution in [2.24, 2.45) is 5.41 Å². The lowest BCUT2D eigenvalue weighted by Gasteiger charge is -2.51. The van der Waals surface area contributed by atoms with E-state index >= 15 is 4.39 Å². The Morgan fingerprint density at radius 2 is 1.68 bits per heavy atom. The zero-order valence-electron chi connectivity index (χ0n) is 21.9. The Hall–Kier alpha value is -4.43. The molecule has 3 aromatic carbocycles. The fourth-order valence-electron chi connectivity index (χ4n) is 7.06. The standard InChI is InChI=1S/C32H27F2N3O3/c1-3-28(38)37-17-21(16-20-10-4-7-13-25(20)33)29(39)31(19-37)24(22-11-5-8-14-26(22)34)18-36(2)32(31)23-12-6-9-15-27(23)35-30(32)40/h3-16,24H,1,17-19H2,2H3,(H,35,40)/b21-16+/t24-,31+,32+/m0/s1. The van der Waals surface area contributed by atoms with Crippen LogP contribution in [0.15, 0.2) is 91.0 Å². The zero-order chi connectivity index (χ0) is 28.2. The van der Waals surface area contributed by atoms with E-state index in [1.165, 1.54) is 23.1 Å². The normalized spacial score (nSPS) is 26.9. The van der Waals surface area contributed by atoms with Gasteiger partial charge in [0.15, 0.2) is 5.78 Å². The number of piperidine rings is 1. The van der Waals surface area contributed by atoms with Crippen molar-refractivity contribution >= 4 is 29.4 Å². The fraction of sp³-hybridized carbons (Fsp3) is 0.219. The SMILES string of the molecule is C=CC(=O)N1C/C(=C\c2ccccc2F)C(=O)[C@@]2(C1)[C@H](c1ccccc1F)CN(C)[C@]21C(=O)Nc2ccccc21. The smallest absolute Gasteiger partial charge is 0.250 e. The number of benzene rings is 3. The van der Waals surface area contributed by atoms with E-state index in [0.29, 0.717) is 11.3 Å². The third-order valence-electron chi connectivity index (χ3n) is 8.66. The Kier molecular flexibility index (Phi) is 6.03. The third kappa shape index (κ3) is 3.38. The van der Waals surface area contributed by atoms with Gasteiger partial charge in [0, 0.05) is 47.9 Å². The van der Waals surface area contributed by atoms with Crippen LogP contribution < -0.4 is 5.32 Å². The second-order valence-electron chi connectivity index (χ2n) is 10.6. The number of ketones is 1. The first-order chi connectivity index (χ1) is 19.3. The number of halogens is 2. The molecular formula is C32H27F2N3O3. The maximum absolute atomic E-state index is 15.5. The molecule has 0 unspecified atom stereocenters. The van der Waals surface area contributed by atoms with E-state index in [-0.39, 0.29) is 36.3 Å². The van der Waals surface area contributed by atoms with Crippen molar-refractivity contribution in [3.8, 4) is 0 Å². The predicted octanol–water partition coefficient (Wildman–Crippen LogP) is 4.51. The molecule has 2 spiro atoms. The van der Waals surface area contributed by atoms with Crippen molar-refractivity contribution in [1.29, 1.82) is 0 Å². The average Bonchev–Trinajstić information content (AvgIpc) is 3.40. The molecule has 3 atom stereocenters. The number of rotatable bonds is 3. The summed E-state index contributed by atoms with van der Waals surface area (Å²) in [5.41, 5.74) is -1.49. The number of nitrogens with one attached hydrogen (secondary N) is 1. The van der Waals surface area contributed by atoms with Gasteiger partial charge in [-0.1, -0.05) is 61.2 Å². The maximum Gasteiger partial charge on any atom is 0.250 e. The van der Waals surface area contributed by atoms with Crippen LogP contribution in [-0.2, 0) is 19.9 Å². The summed E-state index contributed by atoms with van der Waals surface area (Å²) < 4.78 is 30.3. The van der Waals surface area contributed by atoms with Crippen LogP contribution in [0, 0.1) is 17.0 Å². The molecule has 2 saturated heterocycles. The van der Waals surface area contributed by atoms with Crippen molar-refractivity contribution in [3.63, 3.8) is 0 Å². The molecule has 6 nitrogen and oxygen atoms in total. The fourth-order valence-corrected chi connectivity index (χ4v) is 7.06. The number of fused-ring (bicyclic) bond motifs is 3. The molecule has 3 aliphatic heterocycles. The van der Waals surface area contributed by atoms with E-state index in [0.717, 1.165) is 6.08 Å². The van der Waals surface area contributed by atoms with Crippen LogP contribution in [0.2, 0.25) is 0 Å². The Morgan fingerprint density at radius 3 is 2.40 bits per heavy atom. The van der Waals surface area contributed by atoms with Gasteiger partial charge in [-0.05, 0) is 43.0 Å². The van der Waals surface area contributed by atoms with E-state index in [9.17, 15) is 18.8 Å². The van der Waals surface area contributed by atoms with Crippen LogP contribution in [0.25, 0.3) is 6.08 Å². The highest BCUT2D eigenvalue weighted by molar-refractivity contribution is 6.16. The molecule has 0 aliphatic carbocycles. The minimum absolute atomic E-state index is 0.104. The molecule has 2 fully saturated rings. The van der Waals surface area contributed by atoms with Gasteiger partial charge in [0.2, 0.25) is 5.91 Å². The summed E-state index contributed by atoms with van der Waals surface area (Å²) in [6.45, 7) is 3.54. The number of Topliss-reactive ketones (excluding diaryl/α,β-unsaturated/α-hetero) is 1. The number of carbonyl (C=O) groups is 3. The summed E-state index contributed by atoms with van der Waals surface area (Å²) in [5, 5.41) is 2.94. The van der Waals surface area contributed by atoms with Crippen LogP contribution in [0.1, 0.15) is 22.6 Å². The highest BCUT2D eigenvalue weighted by Crippen LogP contribution is 2.64.